The van der Waals surface area contributed by atoms with Crippen molar-refractivity contribution in [3.8, 4) is 0 Å². The molecule has 0 aromatic carbocycles. The minimum Gasteiger partial charge on any atom is -0.478 e. The van der Waals surface area contributed by atoms with Crippen molar-refractivity contribution in [2.45, 2.75) is 45.6 Å². The zero-order valence-corrected chi connectivity index (χ0v) is 15.1. The van der Waals surface area contributed by atoms with Gasteiger partial charge in [0.25, 0.3) is 5.56 Å². The van der Waals surface area contributed by atoms with Crippen LogP contribution in [0.5, 0.6) is 0 Å². The first-order chi connectivity index (χ1) is 11.9. The van der Waals surface area contributed by atoms with Crippen molar-refractivity contribution in [3.05, 3.63) is 27.1 Å². The molecule has 0 aliphatic carbocycles. The molecule has 1 fully saturated rings. The number of carboxylic acid groups (broad SMARTS) is 1. The van der Waals surface area contributed by atoms with Crippen molar-refractivity contribution in [2.75, 3.05) is 13.1 Å². The van der Waals surface area contributed by atoms with Crippen LogP contribution in [0.3, 0.4) is 0 Å². The fourth-order valence-electron chi connectivity index (χ4n) is 3.17. The van der Waals surface area contributed by atoms with E-state index in [1.807, 2.05) is 13.8 Å². The molecule has 1 aliphatic heterocycles. The number of hydrogen-bond acceptors (Lipinski definition) is 5. The second kappa shape index (κ2) is 6.95. The van der Waals surface area contributed by atoms with Gasteiger partial charge >= 0.3 is 5.97 Å². The molecule has 2 aromatic rings. The van der Waals surface area contributed by atoms with E-state index in [1.165, 1.54) is 9.95 Å². The maximum Gasteiger partial charge on any atom is 0.337 e. The van der Waals surface area contributed by atoms with Crippen molar-refractivity contribution in [2.24, 2.45) is 0 Å². The van der Waals surface area contributed by atoms with E-state index in [1.54, 1.807) is 4.90 Å². The number of aromatic nitrogens is 2. The Balaban J connectivity index is 2.08. The van der Waals surface area contributed by atoms with Gasteiger partial charge in [-0.15, -0.1) is 11.3 Å². The third-order valence-corrected chi connectivity index (χ3v) is 5.34. The second-order valence-corrected chi connectivity index (χ2v) is 7.45. The summed E-state index contributed by atoms with van der Waals surface area (Å²) in [5.41, 5.74) is -0.496. The van der Waals surface area contributed by atoms with Gasteiger partial charge in [-0.1, -0.05) is 13.8 Å². The van der Waals surface area contributed by atoms with E-state index in [0.717, 1.165) is 30.6 Å². The maximum absolute atomic E-state index is 13.0. The van der Waals surface area contributed by atoms with Crippen LogP contribution in [-0.4, -0.2) is 44.5 Å². The lowest BCUT2D eigenvalue weighted by Gasteiger charge is -2.27. The van der Waals surface area contributed by atoms with E-state index >= 15 is 0 Å². The van der Waals surface area contributed by atoms with Crippen molar-refractivity contribution < 1.29 is 14.7 Å². The van der Waals surface area contributed by atoms with Crippen LogP contribution >= 0.6 is 11.3 Å². The predicted molar refractivity (Wildman–Crippen MR) is 95.4 cm³/mol. The van der Waals surface area contributed by atoms with Gasteiger partial charge in [-0.3, -0.25) is 14.2 Å². The Hall–Kier alpha value is -2.22. The minimum absolute atomic E-state index is 0.0491. The highest BCUT2D eigenvalue weighted by atomic mass is 32.1. The highest BCUT2D eigenvalue weighted by Crippen LogP contribution is 2.24. The Morgan fingerprint density at radius 1 is 1.28 bits per heavy atom. The number of carbonyl (C=O) groups excluding carboxylic acids is 1. The van der Waals surface area contributed by atoms with Gasteiger partial charge in [-0.2, -0.15) is 0 Å². The number of fused-ring (bicyclic) bond motifs is 1. The summed E-state index contributed by atoms with van der Waals surface area (Å²) in [6.45, 7) is 5.13. The van der Waals surface area contributed by atoms with Crippen molar-refractivity contribution in [3.63, 3.8) is 0 Å². The van der Waals surface area contributed by atoms with Crippen LogP contribution in [0.4, 0.5) is 0 Å². The first-order valence-corrected chi connectivity index (χ1v) is 9.31. The third-order valence-electron chi connectivity index (χ3n) is 4.47. The predicted octanol–water partition coefficient (Wildman–Crippen LogP) is 2.29. The molecule has 8 heteroatoms. The Morgan fingerprint density at radius 3 is 2.56 bits per heavy atom. The summed E-state index contributed by atoms with van der Waals surface area (Å²) in [6.07, 6.45) is 3.07. The van der Waals surface area contributed by atoms with Crippen LogP contribution < -0.4 is 5.56 Å². The first kappa shape index (κ1) is 17.6. The van der Waals surface area contributed by atoms with Crippen LogP contribution in [0.2, 0.25) is 0 Å². The number of carboxylic acids is 1. The smallest absolute Gasteiger partial charge is 0.337 e. The van der Waals surface area contributed by atoms with Gasteiger partial charge in [-0.05, 0) is 19.3 Å². The molecule has 1 aliphatic rings. The largest absolute Gasteiger partial charge is 0.478 e. The zero-order valence-electron chi connectivity index (χ0n) is 14.3. The number of thiophene rings is 1. The molecule has 1 amide bonds. The van der Waals surface area contributed by atoms with Gasteiger partial charge in [0.1, 0.15) is 17.2 Å². The summed E-state index contributed by atoms with van der Waals surface area (Å²) in [5.74, 6) is -0.809. The summed E-state index contributed by atoms with van der Waals surface area (Å²) in [6, 6.07) is 0. The number of hydrogen-bond donors (Lipinski definition) is 1. The summed E-state index contributed by atoms with van der Waals surface area (Å²) in [5, 5.41) is 10.8. The molecule has 7 nitrogen and oxygen atoms in total. The van der Waals surface area contributed by atoms with Crippen molar-refractivity contribution in [1.29, 1.82) is 0 Å². The fraction of sp³-hybridized carbons (Fsp3) is 0.529. The normalized spacial score (nSPS) is 15.1. The summed E-state index contributed by atoms with van der Waals surface area (Å²) >= 11 is 1.14. The number of nitrogens with zero attached hydrogens (tertiary/aromatic N) is 3. The minimum atomic E-state index is -1.16. The van der Waals surface area contributed by atoms with Crippen LogP contribution in [0, 0.1) is 0 Å². The number of amides is 1. The van der Waals surface area contributed by atoms with Gasteiger partial charge in [0.05, 0.1) is 10.9 Å². The molecule has 0 radical (unpaired) electrons. The zero-order chi connectivity index (χ0) is 18.1. The van der Waals surface area contributed by atoms with Gasteiger partial charge in [-0.25, -0.2) is 9.78 Å². The first-order valence-electron chi connectivity index (χ1n) is 8.43. The Labute approximate surface area is 148 Å². The van der Waals surface area contributed by atoms with E-state index in [0.29, 0.717) is 23.7 Å². The number of likely N-dealkylation sites (tertiary alicyclic amines) is 1. The number of rotatable bonds is 4. The molecular weight excluding hydrogens is 342 g/mol. The van der Waals surface area contributed by atoms with Crippen LogP contribution in [-0.2, 0) is 11.3 Å². The molecule has 0 bridgehead atoms. The molecule has 0 atom stereocenters. The van der Waals surface area contributed by atoms with Crippen molar-refractivity contribution >= 4 is 33.4 Å². The van der Waals surface area contributed by atoms with Crippen LogP contribution in [0.15, 0.2) is 10.2 Å². The molecule has 3 heterocycles. The lowest BCUT2D eigenvalue weighted by molar-refractivity contribution is -0.132. The highest BCUT2D eigenvalue weighted by Gasteiger charge is 2.24. The van der Waals surface area contributed by atoms with Crippen molar-refractivity contribution in [1.82, 2.24) is 14.5 Å². The average molecular weight is 363 g/mol. The molecule has 0 spiro atoms. The topological polar surface area (TPSA) is 92.5 Å². The van der Waals surface area contributed by atoms with Gasteiger partial charge < -0.3 is 10.0 Å². The average Bonchev–Trinajstić information content (AvgIpc) is 3.02. The molecule has 3 rings (SSSR count). The van der Waals surface area contributed by atoms with E-state index < -0.39 is 11.5 Å². The molecule has 134 valence electrons. The monoisotopic (exact) mass is 363 g/mol. The SMILES string of the molecule is CC(C)c1nc2scc(C(=O)O)c2c(=O)n1CC(=O)N1CCCCC1. The number of aromatic carboxylic acids is 1. The molecule has 2 aromatic heterocycles. The van der Waals surface area contributed by atoms with E-state index in [4.69, 9.17) is 0 Å². The molecule has 1 N–H and O–H groups in total. The number of carbonyl (C=O) groups is 2. The summed E-state index contributed by atoms with van der Waals surface area (Å²) in [7, 11) is 0. The van der Waals surface area contributed by atoms with Gasteiger partial charge in [0.2, 0.25) is 5.91 Å². The van der Waals surface area contributed by atoms with Gasteiger partial charge in [0.15, 0.2) is 0 Å². The molecular formula is C17H21N3O4S. The number of piperidine rings is 1. The fourth-order valence-corrected chi connectivity index (χ4v) is 4.08. The second-order valence-electron chi connectivity index (χ2n) is 6.59. The van der Waals surface area contributed by atoms with Gasteiger partial charge in [0, 0.05) is 24.4 Å². The summed E-state index contributed by atoms with van der Waals surface area (Å²) < 4.78 is 1.35. The lowest BCUT2D eigenvalue weighted by atomic mass is 10.1. The molecule has 0 saturated carbocycles. The quantitative estimate of drug-likeness (QED) is 0.900. The molecule has 1 saturated heterocycles. The lowest BCUT2D eigenvalue weighted by Crippen LogP contribution is -2.40. The third kappa shape index (κ3) is 3.30. The Morgan fingerprint density at radius 2 is 1.96 bits per heavy atom. The maximum atomic E-state index is 13.0. The molecule has 25 heavy (non-hydrogen) atoms. The van der Waals surface area contributed by atoms with E-state index in [9.17, 15) is 19.5 Å². The van der Waals surface area contributed by atoms with E-state index in [-0.39, 0.29) is 29.3 Å². The summed E-state index contributed by atoms with van der Waals surface area (Å²) in [4.78, 5) is 43.6. The van der Waals surface area contributed by atoms with E-state index in [2.05, 4.69) is 4.98 Å². The highest BCUT2D eigenvalue weighted by molar-refractivity contribution is 7.17. The van der Waals surface area contributed by atoms with Crippen LogP contribution in [0.1, 0.15) is 55.2 Å². The molecule has 0 unspecified atom stereocenters. The standard InChI is InChI=1S/C17H21N3O4S/c1-10(2)14-18-15-13(11(9-25-15)17(23)24)16(22)20(14)8-12(21)19-6-4-3-5-7-19/h9-10H,3-8H2,1-2H3,(H,23,24). The Bertz CT molecular complexity index is 878. The Kier molecular flexibility index (Phi) is 4.89. The van der Waals surface area contributed by atoms with Crippen LogP contribution in [0.25, 0.3) is 10.2 Å².